The molecular formula is C17H31BN2O3. The molecule has 0 saturated heterocycles. The highest BCUT2D eigenvalue weighted by Gasteiger charge is 2.37. The zero-order valence-corrected chi connectivity index (χ0v) is 15.7. The second-order valence-electron chi connectivity index (χ2n) is 7.02. The minimum atomic E-state index is -0.400. The molecule has 1 rings (SSSR count). The van der Waals surface area contributed by atoms with Gasteiger partial charge < -0.3 is 19.0 Å². The lowest BCUT2D eigenvalue weighted by Gasteiger charge is -2.40. The van der Waals surface area contributed by atoms with Crippen molar-refractivity contribution in [2.24, 2.45) is 0 Å². The van der Waals surface area contributed by atoms with E-state index in [1.54, 1.807) is 13.3 Å². The summed E-state index contributed by atoms with van der Waals surface area (Å²) in [6, 6.07) is 3.88. The highest BCUT2D eigenvalue weighted by atomic mass is 16.5. The predicted molar refractivity (Wildman–Crippen MR) is 95.9 cm³/mol. The standard InChI is InChI=1S/C17H31BN2O3/c1-16(2,21-7)17(3,4)23-18-14-9-10-15(19-13-14)22-12-8-11-20(5)6/h9-10,13,18H,8,11-12H2,1-7H3. The van der Waals surface area contributed by atoms with Crippen molar-refractivity contribution in [2.45, 2.75) is 45.3 Å². The van der Waals surface area contributed by atoms with Crippen LogP contribution in [0.3, 0.4) is 0 Å². The smallest absolute Gasteiger partial charge is 0.311 e. The Kier molecular flexibility index (Phi) is 7.51. The van der Waals surface area contributed by atoms with Crippen LogP contribution in [0.2, 0.25) is 0 Å². The van der Waals surface area contributed by atoms with Gasteiger partial charge in [-0.15, -0.1) is 0 Å². The number of rotatable bonds is 10. The van der Waals surface area contributed by atoms with E-state index in [0.29, 0.717) is 20.0 Å². The molecule has 0 spiro atoms. The Morgan fingerprint density at radius 3 is 2.35 bits per heavy atom. The van der Waals surface area contributed by atoms with E-state index in [1.807, 2.05) is 39.8 Å². The van der Waals surface area contributed by atoms with Crippen molar-refractivity contribution in [3.8, 4) is 5.88 Å². The SMILES string of the molecule is COC(C)(C)C(C)(C)OBc1ccc(OCCCN(C)C)nc1. The van der Waals surface area contributed by atoms with Gasteiger partial charge in [0, 0.05) is 19.9 Å². The van der Waals surface area contributed by atoms with E-state index in [-0.39, 0.29) is 5.60 Å². The summed E-state index contributed by atoms with van der Waals surface area (Å²) in [5.41, 5.74) is 0.254. The first kappa shape index (κ1) is 19.9. The molecule has 0 fully saturated rings. The van der Waals surface area contributed by atoms with Gasteiger partial charge in [0.15, 0.2) is 0 Å². The molecule has 1 heterocycles. The van der Waals surface area contributed by atoms with Crippen molar-refractivity contribution in [1.82, 2.24) is 9.88 Å². The molecule has 0 aliphatic rings. The molecule has 0 atom stereocenters. The number of aromatic nitrogens is 1. The third-order valence-corrected chi connectivity index (χ3v) is 4.36. The van der Waals surface area contributed by atoms with Crippen molar-refractivity contribution in [2.75, 3.05) is 34.4 Å². The predicted octanol–water partition coefficient (Wildman–Crippen LogP) is 1.61. The molecule has 5 nitrogen and oxygen atoms in total. The van der Waals surface area contributed by atoms with Gasteiger partial charge in [0.05, 0.1) is 17.8 Å². The quantitative estimate of drug-likeness (QED) is 0.484. The summed E-state index contributed by atoms with van der Waals surface area (Å²) in [5.74, 6) is 0.656. The Hall–Kier alpha value is -1.11. The molecule has 0 aliphatic carbocycles. The highest BCUT2D eigenvalue weighted by Crippen LogP contribution is 2.27. The Balaban J connectivity index is 2.45. The summed E-state index contributed by atoms with van der Waals surface area (Å²) in [4.78, 5) is 6.47. The fourth-order valence-electron chi connectivity index (χ4n) is 1.82. The van der Waals surface area contributed by atoms with E-state index in [9.17, 15) is 0 Å². The van der Waals surface area contributed by atoms with E-state index in [4.69, 9.17) is 14.1 Å². The molecule has 0 saturated carbocycles. The first-order valence-corrected chi connectivity index (χ1v) is 8.09. The maximum atomic E-state index is 6.02. The molecule has 1 aromatic rings. The normalized spacial score (nSPS) is 12.5. The van der Waals surface area contributed by atoms with Crippen LogP contribution in [0.5, 0.6) is 5.88 Å². The summed E-state index contributed by atoms with van der Waals surface area (Å²) < 4.78 is 17.2. The number of nitrogens with zero attached hydrogens (tertiary/aromatic N) is 2. The van der Waals surface area contributed by atoms with Crippen LogP contribution in [0.15, 0.2) is 18.3 Å². The molecule has 0 N–H and O–H groups in total. The van der Waals surface area contributed by atoms with Crippen molar-refractivity contribution in [1.29, 1.82) is 0 Å². The lowest BCUT2D eigenvalue weighted by molar-refractivity contribution is -0.114. The molecule has 23 heavy (non-hydrogen) atoms. The Morgan fingerprint density at radius 2 is 1.83 bits per heavy atom. The molecule has 0 aromatic carbocycles. The van der Waals surface area contributed by atoms with Crippen molar-refractivity contribution < 1.29 is 14.1 Å². The number of hydrogen-bond donors (Lipinski definition) is 0. The maximum absolute atomic E-state index is 6.02. The number of pyridine rings is 1. The van der Waals surface area contributed by atoms with E-state index in [1.165, 1.54) is 0 Å². The molecule has 0 unspecified atom stereocenters. The molecule has 0 bridgehead atoms. The zero-order chi connectivity index (χ0) is 17.5. The summed E-state index contributed by atoms with van der Waals surface area (Å²) >= 11 is 0. The largest absolute Gasteiger partial charge is 0.478 e. The summed E-state index contributed by atoms with van der Waals surface area (Å²) in [7, 11) is 6.31. The third-order valence-electron chi connectivity index (χ3n) is 4.36. The first-order chi connectivity index (χ1) is 10.7. The monoisotopic (exact) mass is 322 g/mol. The van der Waals surface area contributed by atoms with Crippen LogP contribution >= 0.6 is 0 Å². The van der Waals surface area contributed by atoms with E-state index in [2.05, 4.69) is 24.0 Å². The minimum Gasteiger partial charge on any atom is -0.478 e. The van der Waals surface area contributed by atoms with Crippen LogP contribution in [-0.2, 0) is 9.39 Å². The molecule has 1 aromatic heterocycles. The Morgan fingerprint density at radius 1 is 1.13 bits per heavy atom. The Bertz CT molecular complexity index is 461. The molecule has 6 heteroatoms. The van der Waals surface area contributed by atoms with Crippen LogP contribution < -0.4 is 10.2 Å². The second kappa shape index (κ2) is 8.66. The van der Waals surface area contributed by atoms with E-state index in [0.717, 1.165) is 18.4 Å². The zero-order valence-electron chi connectivity index (χ0n) is 15.7. The summed E-state index contributed by atoms with van der Waals surface area (Å²) in [6.07, 6.45) is 2.79. The average Bonchev–Trinajstić information content (AvgIpc) is 2.50. The molecule has 0 radical (unpaired) electrons. The third kappa shape index (κ3) is 6.49. The lowest BCUT2D eigenvalue weighted by Crippen LogP contribution is -2.50. The van der Waals surface area contributed by atoms with Gasteiger partial charge in [-0.05, 0) is 59.7 Å². The highest BCUT2D eigenvalue weighted by molar-refractivity contribution is 6.46. The van der Waals surface area contributed by atoms with Crippen LogP contribution in [-0.4, -0.2) is 62.9 Å². The Labute approximate surface area is 141 Å². The minimum absolute atomic E-state index is 0.365. The van der Waals surface area contributed by atoms with E-state index >= 15 is 0 Å². The summed E-state index contributed by atoms with van der Waals surface area (Å²) in [6.45, 7) is 9.80. The van der Waals surface area contributed by atoms with E-state index < -0.39 is 5.60 Å². The number of ether oxygens (including phenoxy) is 2. The van der Waals surface area contributed by atoms with Crippen LogP contribution in [0.4, 0.5) is 0 Å². The van der Waals surface area contributed by atoms with Crippen molar-refractivity contribution >= 4 is 12.9 Å². The topological polar surface area (TPSA) is 43.8 Å². The van der Waals surface area contributed by atoms with Crippen molar-refractivity contribution in [3.63, 3.8) is 0 Å². The fourth-order valence-corrected chi connectivity index (χ4v) is 1.82. The lowest BCUT2D eigenvalue weighted by atomic mass is 9.83. The van der Waals surface area contributed by atoms with Gasteiger partial charge in [0.25, 0.3) is 0 Å². The average molecular weight is 322 g/mol. The fraction of sp³-hybridized carbons (Fsp3) is 0.706. The number of methoxy groups -OCH3 is 1. The van der Waals surface area contributed by atoms with Gasteiger partial charge in [-0.3, -0.25) is 0 Å². The van der Waals surface area contributed by atoms with Gasteiger partial charge in [-0.25, -0.2) is 4.98 Å². The molecular weight excluding hydrogens is 291 g/mol. The molecule has 130 valence electrons. The van der Waals surface area contributed by atoms with Gasteiger partial charge >= 0.3 is 7.48 Å². The van der Waals surface area contributed by atoms with Gasteiger partial charge in [0.1, 0.15) is 0 Å². The van der Waals surface area contributed by atoms with Gasteiger partial charge in [-0.1, -0.05) is 6.07 Å². The van der Waals surface area contributed by atoms with Gasteiger partial charge in [-0.2, -0.15) is 0 Å². The molecule has 0 amide bonds. The van der Waals surface area contributed by atoms with Crippen LogP contribution in [0.25, 0.3) is 0 Å². The van der Waals surface area contributed by atoms with Crippen LogP contribution in [0.1, 0.15) is 34.1 Å². The maximum Gasteiger partial charge on any atom is 0.311 e. The molecule has 0 aliphatic heterocycles. The number of hydrogen-bond acceptors (Lipinski definition) is 5. The van der Waals surface area contributed by atoms with Crippen molar-refractivity contribution in [3.05, 3.63) is 18.3 Å². The van der Waals surface area contributed by atoms with Crippen LogP contribution in [0, 0.1) is 0 Å². The van der Waals surface area contributed by atoms with Gasteiger partial charge in [0.2, 0.25) is 5.88 Å². The first-order valence-electron chi connectivity index (χ1n) is 8.09. The summed E-state index contributed by atoms with van der Waals surface area (Å²) in [5, 5.41) is 0. The second-order valence-corrected chi connectivity index (χ2v) is 7.02.